The summed E-state index contributed by atoms with van der Waals surface area (Å²) >= 11 is 1.97. The van der Waals surface area contributed by atoms with E-state index in [1.807, 2.05) is 11.8 Å². The molecule has 1 rings (SSSR count). The average molecular weight is 173 g/mol. The van der Waals surface area contributed by atoms with Crippen molar-refractivity contribution >= 4 is 11.8 Å². The molecule has 3 atom stereocenters. The lowest BCUT2D eigenvalue weighted by molar-refractivity contribution is 0.449. The third-order valence-electron chi connectivity index (χ3n) is 2.85. The van der Waals surface area contributed by atoms with E-state index in [-0.39, 0.29) is 5.54 Å². The molecule has 66 valence electrons. The molecule has 1 saturated carbocycles. The molecule has 0 saturated heterocycles. The van der Waals surface area contributed by atoms with Crippen molar-refractivity contribution in [2.24, 2.45) is 11.7 Å². The molecule has 3 unspecified atom stereocenters. The maximum atomic E-state index is 6.05. The first-order valence-corrected chi connectivity index (χ1v) is 5.65. The van der Waals surface area contributed by atoms with Gasteiger partial charge in [-0.3, -0.25) is 0 Å². The van der Waals surface area contributed by atoms with Crippen LogP contribution in [0.3, 0.4) is 0 Å². The minimum atomic E-state index is 0.134. The number of hydrogen-bond donors (Lipinski definition) is 1. The molecule has 0 amide bonds. The zero-order valence-corrected chi connectivity index (χ0v) is 8.58. The molecule has 1 aliphatic carbocycles. The highest BCUT2D eigenvalue weighted by molar-refractivity contribution is 7.99. The van der Waals surface area contributed by atoms with Gasteiger partial charge in [-0.1, -0.05) is 6.92 Å². The lowest BCUT2D eigenvalue weighted by Gasteiger charge is -2.20. The summed E-state index contributed by atoms with van der Waals surface area (Å²) in [4.78, 5) is 0. The first kappa shape index (κ1) is 9.40. The second kappa shape index (κ2) is 3.36. The van der Waals surface area contributed by atoms with E-state index in [9.17, 15) is 0 Å². The lowest BCUT2D eigenvalue weighted by atomic mass is 9.98. The Bertz CT molecular complexity index is 134. The van der Waals surface area contributed by atoms with Crippen LogP contribution in [0.4, 0.5) is 0 Å². The number of hydrogen-bond acceptors (Lipinski definition) is 2. The van der Waals surface area contributed by atoms with Crippen molar-refractivity contribution < 1.29 is 0 Å². The zero-order valence-electron chi connectivity index (χ0n) is 7.76. The molecule has 0 bridgehead atoms. The predicted molar refractivity (Wildman–Crippen MR) is 52.9 cm³/mol. The van der Waals surface area contributed by atoms with Crippen molar-refractivity contribution in [3.05, 3.63) is 0 Å². The molecule has 0 aromatic carbocycles. The Morgan fingerprint density at radius 1 is 1.64 bits per heavy atom. The molecule has 0 aromatic rings. The summed E-state index contributed by atoms with van der Waals surface area (Å²) in [6.07, 6.45) is 5.95. The van der Waals surface area contributed by atoms with Crippen molar-refractivity contribution in [1.82, 2.24) is 0 Å². The molecule has 11 heavy (non-hydrogen) atoms. The fourth-order valence-electron chi connectivity index (χ4n) is 1.91. The second-order valence-corrected chi connectivity index (χ2v) is 5.31. The summed E-state index contributed by atoms with van der Waals surface area (Å²) in [5.74, 6) is 0.861. The Hall–Kier alpha value is 0.310. The van der Waals surface area contributed by atoms with Crippen LogP contribution in [-0.4, -0.2) is 17.0 Å². The van der Waals surface area contributed by atoms with Gasteiger partial charge in [-0.25, -0.2) is 0 Å². The molecule has 2 heteroatoms. The third kappa shape index (κ3) is 2.38. The molecule has 1 nitrogen and oxygen atoms in total. The minimum Gasteiger partial charge on any atom is -0.325 e. The van der Waals surface area contributed by atoms with Crippen molar-refractivity contribution in [1.29, 1.82) is 0 Å². The van der Waals surface area contributed by atoms with Gasteiger partial charge in [-0.15, -0.1) is 0 Å². The monoisotopic (exact) mass is 173 g/mol. The third-order valence-corrected chi connectivity index (χ3v) is 3.98. The van der Waals surface area contributed by atoms with Crippen LogP contribution in [0.5, 0.6) is 0 Å². The molecule has 0 radical (unpaired) electrons. The van der Waals surface area contributed by atoms with E-state index < -0.39 is 0 Å². The van der Waals surface area contributed by atoms with Crippen molar-refractivity contribution in [2.75, 3.05) is 6.26 Å². The Kier molecular flexibility index (Phi) is 2.87. The van der Waals surface area contributed by atoms with E-state index in [0.717, 1.165) is 11.2 Å². The van der Waals surface area contributed by atoms with E-state index >= 15 is 0 Å². The van der Waals surface area contributed by atoms with Crippen LogP contribution in [0.15, 0.2) is 0 Å². The lowest BCUT2D eigenvalue weighted by Crippen LogP contribution is -2.33. The highest BCUT2D eigenvalue weighted by Gasteiger charge is 2.33. The highest BCUT2D eigenvalue weighted by atomic mass is 32.2. The molecule has 0 aliphatic heterocycles. The van der Waals surface area contributed by atoms with Gasteiger partial charge in [0.1, 0.15) is 0 Å². The second-order valence-electron chi connectivity index (χ2n) is 4.10. The van der Waals surface area contributed by atoms with E-state index in [1.165, 1.54) is 19.3 Å². The normalized spacial score (nSPS) is 40.9. The first-order chi connectivity index (χ1) is 5.05. The summed E-state index contributed by atoms with van der Waals surface area (Å²) in [5.41, 5.74) is 6.19. The average Bonchev–Trinajstić information content (AvgIpc) is 2.29. The van der Waals surface area contributed by atoms with Gasteiger partial charge in [-0.05, 0) is 38.4 Å². The van der Waals surface area contributed by atoms with Gasteiger partial charge in [0, 0.05) is 10.8 Å². The maximum absolute atomic E-state index is 6.05. The predicted octanol–water partition coefficient (Wildman–Crippen LogP) is 2.26. The van der Waals surface area contributed by atoms with Gasteiger partial charge in [0.15, 0.2) is 0 Å². The van der Waals surface area contributed by atoms with E-state index in [2.05, 4.69) is 20.1 Å². The first-order valence-electron chi connectivity index (χ1n) is 4.37. The molecule has 2 N–H and O–H groups in total. The summed E-state index contributed by atoms with van der Waals surface area (Å²) in [6, 6.07) is 0. The van der Waals surface area contributed by atoms with Crippen molar-refractivity contribution in [2.45, 2.75) is 43.9 Å². The SMILES string of the molecule is CSC(C)C1CCC(C)(N)C1. The number of rotatable bonds is 2. The van der Waals surface area contributed by atoms with Crippen LogP contribution >= 0.6 is 11.8 Å². The van der Waals surface area contributed by atoms with Gasteiger partial charge in [-0.2, -0.15) is 11.8 Å². The highest BCUT2D eigenvalue weighted by Crippen LogP contribution is 2.37. The van der Waals surface area contributed by atoms with Gasteiger partial charge in [0.25, 0.3) is 0 Å². The molecule has 0 aromatic heterocycles. The van der Waals surface area contributed by atoms with Crippen LogP contribution in [0.25, 0.3) is 0 Å². The Morgan fingerprint density at radius 2 is 2.27 bits per heavy atom. The molecule has 0 heterocycles. The smallest absolute Gasteiger partial charge is 0.0129 e. The van der Waals surface area contributed by atoms with Crippen molar-refractivity contribution in [3.63, 3.8) is 0 Å². The van der Waals surface area contributed by atoms with Gasteiger partial charge in [0.2, 0.25) is 0 Å². The summed E-state index contributed by atoms with van der Waals surface area (Å²) in [6.45, 7) is 4.50. The summed E-state index contributed by atoms with van der Waals surface area (Å²) in [5, 5.41) is 0.792. The van der Waals surface area contributed by atoms with Crippen LogP contribution in [0.2, 0.25) is 0 Å². The topological polar surface area (TPSA) is 26.0 Å². The zero-order chi connectivity index (χ0) is 8.48. The number of nitrogens with two attached hydrogens (primary N) is 1. The quantitative estimate of drug-likeness (QED) is 0.693. The maximum Gasteiger partial charge on any atom is 0.0129 e. The van der Waals surface area contributed by atoms with E-state index in [0.29, 0.717) is 0 Å². The summed E-state index contributed by atoms with van der Waals surface area (Å²) in [7, 11) is 0. The van der Waals surface area contributed by atoms with Gasteiger partial charge in [0.05, 0.1) is 0 Å². The molecular weight excluding hydrogens is 154 g/mol. The van der Waals surface area contributed by atoms with E-state index in [4.69, 9.17) is 5.73 Å². The minimum absolute atomic E-state index is 0.134. The molecule has 1 aliphatic rings. The van der Waals surface area contributed by atoms with Gasteiger partial charge >= 0.3 is 0 Å². The van der Waals surface area contributed by atoms with Gasteiger partial charge < -0.3 is 5.73 Å². The standard InChI is InChI=1S/C9H19NS/c1-7(11-3)8-4-5-9(2,10)6-8/h7-8H,4-6,10H2,1-3H3. The fraction of sp³-hybridized carbons (Fsp3) is 1.00. The molecule has 0 spiro atoms. The fourth-order valence-corrected chi connectivity index (χ4v) is 2.53. The van der Waals surface area contributed by atoms with Crippen LogP contribution < -0.4 is 5.73 Å². The Balaban J connectivity index is 2.41. The Labute approximate surface area is 74.1 Å². The summed E-state index contributed by atoms with van der Waals surface area (Å²) < 4.78 is 0. The van der Waals surface area contributed by atoms with Crippen LogP contribution in [-0.2, 0) is 0 Å². The molecule has 1 fully saturated rings. The Morgan fingerprint density at radius 3 is 2.64 bits per heavy atom. The molecular formula is C9H19NS. The van der Waals surface area contributed by atoms with Crippen molar-refractivity contribution in [3.8, 4) is 0 Å². The number of thioether (sulfide) groups is 1. The van der Waals surface area contributed by atoms with E-state index in [1.54, 1.807) is 0 Å². The van der Waals surface area contributed by atoms with Crippen LogP contribution in [0.1, 0.15) is 33.1 Å². The largest absolute Gasteiger partial charge is 0.325 e. The van der Waals surface area contributed by atoms with Crippen LogP contribution in [0, 0.1) is 5.92 Å².